The van der Waals surface area contributed by atoms with Gasteiger partial charge in [0.2, 0.25) is 11.8 Å². The molecule has 178 valence electrons. The molecule has 1 saturated heterocycles. The van der Waals surface area contributed by atoms with Crippen LogP contribution in [-0.2, 0) is 16.6 Å². The third-order valence-electron chi connectivity index (χ3n) is 6.61. The van der Waals surface area contributed by atoms with Gasteiger partial charge in [0.15, 0.2) is 0 Å². The van der Waals surface area contributed by atoms with Gasteiger partial charge in [-0.25, -0.2) is 4.68 Å². The molecule has 3 heterocycles. The maximum Gasteiger partial charge on any atom is 0.295 e. The van der Waals surface area contributed by atoms with Crippen LogP contribution in [-0.4, -0.2) is 21.2 Å². The zero-order valence-electron chi connectivity index (χ0n) is 19.8. The number of aromatic nitrogens is 2. The minimum atomic E-state index is -0.633. The van der Waals surface area contributed by atoms with Crippen molar-refractivity contribution in [2.24, 2.45) is 13.0 Å². The van der Waals surface area contributed by atoms with Crippen LogP contribution in [0.2, 0.25) is 0 Å². The van der Waals surface area contributed by atoms with Crippen LogP contribution in [0.1, 0.15) is 28.6 Å². The number of carbonyl (C=O) groups is 2. The lowest BCUT2D eigenvalue weighted by Gasteiger charge is -2.27. The fourth-order valence-electron chi connectivity index (χ4n) is 4.69. The van der Waals surface area contributed by atoms with E-state index in [1.807, 2.05) is 79.0 Å². The maximum atomic E-state index is 13.6. The molecule has 2 aromatic carbocycles. The van der Waals surface area contributed by atoms with Crippen LogP contribution in [0, 0.1) is 19.8 Å². The number of nitrogens with zero attached hydrogens (tertiary/aromatic N) is 3. The first-order valence-electron chi connectivity index (χ1n) is 11.4. The number of aryl methyl sites for hydroxylation is 1. The van der Waals surface area contributed by atoms with Crippen LogP contribution in [0.5, 0.6) is 0 Å². The van der Waals surface area contributed by atoms with E-state index in [0.29, 0.717) is 11.4 Å². The number of thiophene rings is 1. The average Bonchev–Trinajstić information content (AvgIpc) is 3.55. The summed E-state index contributed by atoms with van der Waals surface area (Å²) in [6.45, 7) is 3.79. The SMILES string of the molecule is Cc1ccc(N2C(=O)CC(C(=O)Nc3c(C)n(C)n(-c4ccccc4)c3=O)C2c2cccs2)cc1. The Labute approximate surface area is 207 Å². The molecule has 0 saturated carbocycles. The van der Waals surface area contributed by atoms with Gasteiger partial charge in [-0.05, 0) is 49.6 Å². The summed E-state index contributed by atoms with van der Waals surface area (Å²) < 4.78 is 3.25. The summed E-state index contributed by atoms with van der Waals surface area (Å²) in [7, 11) is 1.78. The summed E-state index contributed by atoms with van der Waals surface area (Å²) in [6.07, 6.45) is 0.0705. The molecule has 5 rings (SSSR count). The second kappa shape index (κ2) is 9.03. The number of amides is 2. The lowest BCUT2D eigenvalue weighted by atomic mass is 9.97. The molecule has 7 nitrogen and oxygen atoms in total. The molecule has 0 aliphatic carbocycles. The molecule has 2 aromatic heterocycles. The van der Waals surface area contributed by atoms with E-state index in [2.05, 4.69) is 5.32 Å². The molecule has 0 bridgehead atoms. The fourth-order valence-corrected chi connectivity index (χ4v) is 5.57. The third-order valence-corrected chi connectivity index (χ3v) is 7.55. The van der Waals surface area contributed by atoms with Crippen LogP contribution in [0.25, 0.3) is 5.69 Å². The number of benzene rings is 2. The normalized spacial score (nSPS) is 17.7. The van der Waals surface area contributed by atoms with Crippen molar-refractivity contribution in [1.82, 2.24) is 9.36 Å². The first-order chi connectivity index (χ1) is 16.9. The summed E-state index contributed by atoms with van der Waals surface area (Å²) in [4.78, 5) is 42.8. The predicted molar refractivity (Wildman–Crippen MR) is 138 cm³/mol. The summed E-state index contributed by atoms with van der Waals surface area (Å²) >= 11 is 1.52. The fraction of sp³-hybridized carbons (Fsp3) is 0.222. The monoisotopic (exact) mass is 486 g/mol. The Morgan fingerprint density at radius 3 is 2.31 bits per heavy atom. The summed E-state index contributed by atoms with van der Waals surface area (Å²) in [6, 6.07) is 20.5. The van der Waals surface area contributed by atoms with Gasteiger partial charge in [0.05, 0.1) is 23.3 Å². The number of hydrogen-bond acceptors (Lipinski definition) is 4. The van der Waals surface area contributed by atoms with Crippen molar-refractivity contribution in [3.63, 3.8) is 0 Å². The van der Waals surface area contributed by atoms with Crippen LogP contribution < -0.4 is 15.8 Å². The number of anilines is 2. The highest BCUT2D eigenvalue weighted by Crippen LogP contribution is 2.43. The molecule has 2 unspecified atom stereocenters. The average molecular weight is 487 g/mol. The quantitative estimate of drug-likeness (QED) is 0.448. The van der Waals surface area contributed by atoms with Gasteiger partial charge in [0, 0.05) is 24.0 Å². The Morgan fingerprint density at radius 1 is 0.943 bits per heavy atom. The number of carbonyl (C=O) groups excluding carboxylic acids is 2. The van der Waals surface area contributed by atoms with E-state index in [9.17, 15) is 14.4 Å². The molecule has 8 heteroatoms. The lowest BCUT2D eigenvalue weighted by molar-refractivity contribution is -0.122. The Morgan fingerprint density at radius 2 is 1.66 bits per heavy atom. The Kier molecular flexibility index (Phi) is 5.90. The van der Waals surface area contributed by atoms with Crippen LogP contribution in [0.15, 0.2) is 76.9 Å². The van der Waals surface area contributed by atoms with E-state index in [4.69, 9.17) is 0 Å². The van der Waals surface area contributed by atoms with Crippen molar-refractivity contribution in [1.29, 1.82) is 0 Å². The second-order valence-corrected chi connectivity index (χ2v) is 9.78. The van der Waals surface area contributed by atoms with Crippen molar-refractivity contribution >= 4 is 34.5 Å². The van der Waals surface area contributed by atoms with E-state index in [0.717, 1.165) is 16.1 Å². The van der Waals surface area contributed by atoms with Gasteiger partial charge in [0.25, 0.3) is 5.56 Å². The Hall–Kier alpha value is -3.91. The first kappa shape index (κ1) is 22.9. The third kappa shape index (κ3) is 4.00. The van der Waals surface area contributed by atoms with Crippen LogP contribution >= 0.6 is 11.3 Å². The van der Waals surface area contributed by atoms with Crippen LogP contribution in [0.3, 0.4) is 0 Å². The molecule has 2 amide bonds. The first-order valence-corrected chi connectivity index (χ1v) is 12.3. The van der Waals surface area contributed by atoms with E-state index < -0.39 is 12.0 Å². The molecular weight excluding hydrogens is 460 g/mol. The van der Waals surface area contributed by atoms with Gasteiger partial charge in [0.1, 0.15) is 5.69 Å². The van der Waals surface area contributed by atoms with Gasteiger partial charge < -0.3 is 10.2 Å². The van der Waals surface area contributed by atoms with Crippen LogP contribution in [0.4, 0.5) is 11.4 Å². The van der Waals surface area contributed by atoms with Crippen molar-refractivity contribution in [3.05, 3.63) is 98.6 Å². The van der Waals surface area contributed by atoms with E-state index in [-0.39, 0.29) is 29.5 Å². The maximum absolute atomic E-state index is 13.6. The highest BCUT2D eigenvalue weighted by Gasteiger charge is 2.46. The second-order valence-electron chi connectivity index (χ2n) is 8.80. The van der Waals surface area contributed by atoms with Crippen molar-refractivity contribution in [2.75, 3.05) is 10.2 Å². The number of para-hydroxylation sites is 1. The molecule has 1 fully saturated rings. The number of rotatable bonds is 5. The highest BCUT2D eigenvalue weighted by atomic mass is 32.1. The topological polar surface area (TPSA) is 76.3 Å². The van der Waals surface area contributed by atoms with Gasteiger partial charge in [-0.3, -0.25) is 19.1 Å². The molecule has 1 N–H and O–H groups in total. The van der Waals surface area contributed by atoms with E-state index in [1.54, 1.807) is 23.6 Å². The minimum absolute atomic E-state index is 0.0705. The molecule has 0 radical (unpaired) electrons. The van der Waals surface area contributed by atoms with Gasteiger partial charge >= 0.3 is 0 Å². The predicted octanol–water partition coefficient (Wildman–Crippen LogP) is 4.59. The summed E-state index contributed by atoms with van der Waals surface area (Å²) in [5.74, 6) is -1.08. The van der Waals surface area contributed by atoms with Gasteiger partial charge in [-0.1, -0.05) is 42.0 Å². The van der Waals surface area contributed by atoms with Crippen molar-refractivity contribution in [3.8, 4) is 5.69 Å². The van der Waals surface area contributed by atoms with Crippen molar-refractivity contribution in [2.45, 2.75) is 26.3 Å². The summed E-state index contributed by atoms with van der Waals surface area (Å²) in [5.41, 5.74) is 3.12. The minimum Gasteiger partial charge on any atom is -0.320 e. The molecule has 1 aliphatic heterocycles. The lowest BCUT2D eigenvalue weighted by Crippen LogP contribution is -2.33. The molecule has 4 aromatic rings. The standard InChI is InChI=1S/C27H26N4O3S/c1-17-11-13-19(14-12-17)30-23(32)16-21(25(30)22-10-7-15-35-22)26(33)28-24-18(2)29(3)31(27(24)34)20-8-5-4-6-9-20/h4-15,21,25H,16H2,1-3H3,(H,28,33). The van der Waals surface area contributed by atoms with E-state index in [1.165, 1.54) is 16.0 Å². The van der Waals surface area contributed by atoms with Crippen molar-refractivity contribution < 1.29 is 9.59 Å². The molecule has 1 aliphatic rings. The Balaban J connectivity index is 1.50. The molecule has 2 atom stereocenters. The zero-order valence-corrected chi connectivity index (χ0v) is 20.6. The molecule has 35 heavy (non-hydrogen) atoms. The number of hydrogen-bond donors (Lipinski definition) is 1. The summed E-state index contributed by atoms with van der Waals surface area (Å²) in [5, 5.41) is 4.82. The smallest absolute Gasteiger partial charge is 0.295 e. The zero-order chi connectivity index (χ0) is 24.7. The molecular formula is C27H26N4O3S. The Bertz CT molecular complexity index is 1440. The highest BCUT2D eigenvalue weighted by molar-refractivity contribution is 7.10. The van der Waals surface area contributed by atoms with E-state index >= 15 is 0 Å². The molecule has 0 spiro atoms. The van der Waals surface area contributed by atoms with Gasteiger partial charge in [-0.15, -0.1) is 11.3 Å². The number of nitrogens with one attached hydrogen (secondary N) is 1. The largest absolute Gasteiger partial charge is 0.320 e. The van der Waals surface area contributed by atoms with Gasteiger partial charge in [-0.2, -0.15) is 0 Å².